The molecule has 0 radical (unpaired) electrons. The minimum Gasteiger partial charge on any atom is -0.497 e. The fourth-order valence-corrected chi connectivity index (χ4v) is 4.55. The summed E-state index contributed by atoms with van der Waals surface area (Å²) in [6.45, 7) is 6.53. The number of hydrogen-bond acceptors (Lipinski definition) is 7. The molecule has 164 valence electrons. The second-order valence-electron chi connectivity index (χ2n) is 7.43. The van der Waals surface area contributed by atoms with Crippen molar-refractivity contribution in [1.29, 1.82) is 0 Å². The highest BCUT2D eigenvalue weighted by Gasteiger charge is 2.22. The molecule has 3 aromatic rings. The third-order valence-corrected chi connectivity index (χ3v) is 6.25. The van der Waals surface area contributed by atoms with Gasteiger partial charge in [0.15, 0.2) is 11.7 Å². The molecule has 0 unspecified atom stereocenters. The van der Waals surface area contributed by atoms with Crippen LogP contribution in [0.15, 0.2) is 42.5 Å². The topological polar surface area (TPSA) is 64.1 Å². The molecular weight excluding hydrogens is 414 g/mol. The highest BCUT2D eigenvalue weighted by atomic mass is 32.1. The van der Waals surface area contributed by atoms with Crippen molar-refractivity contribution in [1.82, 2.24) is 9.88 Å². The molecule has 4 rings (SSSR count). The Kier molecular flexibility index (Phi) is 7.01. The number of anilines is 1. The number of benzene rings is 2. The third kappa shape index (κ3) is 5.52. The second-order valence-corrected chi connectivity index (χ2v) is 8.44. The molecule has 7 nitrogen and oxygen atoms in total. The van der Waals surface area contributed by atoms with E-state index >= 15 is 0 Å². The van der Waals surface area contributed by atoms with Gasteiger partial charge in [0.1, 0.15) is 11.5 Å². The summed E-state index contributed by atoms with van der Waals surface area (Å²) in [6.07, 6.45) is 0. The highest BCUT2D eigenvalue weighted by Crippen LogP contribution is 2.30. The molecule has 1 aliphatic rings. The van der Waals surface area contributed by atoms with E-state index in [2.05, 4.69) is 17.9 Å². The maximum Gasteiger partial charge on any atom is 0.266 e. The van der Waals surface area contributed by atoms with Gasteiger partial charge in [-0.05, 0) is 36.8 Å². The Morgan fingerprint density at radius 2 is 2.00 bits per heavy atom. The SMILES string of the molecule is COc1cccc(OCC(=O)N(CCN2CCOCC2)c2nc3ccc(C)cc3s2)c1. The minimum absolute atomic E-state index is 0.0643. The number of fused-ring (bicyclic) bond motifs is 1. The fraction of sp³-hybridized carbons (Fsp3) is 0.391. The zero-order chi connectivity index (χ0) is 21.6. The van der Waals surface area contributed by atoms with Gasteiger partial charge in [-0.15, -0.1) is 0 Å². The smallest absolute Gasteiger partial charge is 0.266 e. The molecule has 2 heterocycles. The van der Waals surface area contributed by atoms with Gasteiger partial charge in [0, 0.05) is 32.2 Å². The number of thiazole rings is 1. The van der Waals surface area contributed by atoms with E-state index in [-0.39, 0.29) is 12.5 Å². The average Bonchev–Trinajstić information content (AvgIpc) is 3.21. The maximum atomic E-state index is 13.2. The number of carbonyl (C=O) groups excluding carboxylic acids is 1. The predicted molar refractivity (Wildman–Crippen MR) is 122 cm³/mol. The van der Waals surface area contributed by atoms with Crippen molar-refractivity contribution in [3.05, 3.63) is 48.0 Å². The van der Waals surface area contributed by atoms with Crippen molar-refractivity contribution in [3.8, 4) is 11.5 Å². The summed E-state index contributed by atoms with van der Waals surface area (Å²) in [4.78, 5) is 22.0. The van der Waals surface area contributed by atoms with Crippen LogP contribution in [0.4, 0.5) is 5.13 Å². The van der Waals surface area contributed by atoms with Gasteiger partial charge in [0.05, 0.1) is 30.5 Å². The van der Waals surface area contributed by atoms with E-state index in [1.807, 2.05) is 30.3 Å². The first-order valence-corrected chi connectivity index (χ1v) is 11.2. The first-order chi connectivity index (χ1) is 15.1. The molecule has 0 saturated carbocycles. The number of aryl methyl sites for hydroxylation is 1. The van der Waals surface area contributed by atoms with Crippen LogP contribution in [0.1, 0.15) is 5.56 Å². The molecule has 31 heavy (non-hydrogen) atoms. The average molecular weight is 442 g/mol. The van der Waals surface area contributed by atoms with Gasteiger partial charge in [0.2, 0.25) is 0 Å². The molecular formula is C23H27N3O4S. The standard InChI is InChI=1S/C23H27N3O4S/c1-17-6-7-20-21(14-17)31-23(24-20)26(9-8-25-10-12-29-13-11-25)22(27)16-30-19-5-3-4-18(15-19)28-2/h3-7,14-15H,8-13,16H2,1-2H3. The lowest BCUT2D eigenvalue weighted by atomic mass is 10.2. The Labute approximate surface area is 186 Å². The molecule has 1 saturated heterocycles. The highest BCUT2D eigenvalue weighted by molar-refractivity contribution is 7.22. The van der Waals surface area contributed by atoms with Crippen molar-refractivity contribution in [3.63, 3.8) is 0 Å². The first-order valence-electron chi connectivity index (χ1n) is 10.4. The predicted octanol–water partition coefficient (Wildman–Crippen LogP) is 3.36. The summed E-state index contributed by atoms with van der Waals surface area (Å²) >= 11 is 1.54. The van der Waals surface area contributed by atoms with Crippen LogP contribution < -0.4 is 14.4 Å². The molecule has 8 heteroatoms. The fourth-order valence-electron chi connectivity index (χ4n) is 3.44. The molecule has 1 aromatic heterocycles. The molecule has 1 amide bonds. The number of carbonyl (C=O) groups is 1. The maximum absolute atomic E-state index is 13.2. The monoisotopic (exact) mass is 441 g/mol. The number of aromatic nitrogens is 1. The zero-order valence-corrected chi connectivity index (χ0v) is 18.7. The Balaban J connectivity index is 1.50. The largest absolute Gasteiger partial charge is 0.497 e. The van der Waals surface area contributed by atoms with Crippen molar-refractivity contribution < 1.29 is 19.0 Å². The molecule has 0 spiro atoms. The van der Waals surface area contributed by atoms with Gasteiger partial charge < -0.3 is 14.2 Å². The third-order valence-electron chi connectivity index (χ3n) is 5.21. The number of hydrogen-bond donors (Lipinski definition) is 0. The number of amides is 1. The van der Waals surface area contributed by atoms with Crippen LogP contribution in [-0.2, 0) is 9.53 Å². The van der Waals surface area contributed by atoms with Crippen LogP contribution in [0, 0.1) is 6.92 Å². The summed E-state index contributed by atoms with van der Waals surface area (Å²) in [5, 5.41) is 0.702. The van der Waals surface area contributed by atoms with Crippen LogP contribution in [-0.4, -0.2) is 68.9 Å². The van der Waals surface area contributed by atoms with Gasteiger partial charge in [-0.2, -0.15) is 0 Å². The van der Waals surface area contributed by atoms with Crippen LogP contribution >= 0.6 is 11.3 Å². The molecule has 0 N–H and O–H groups in total. The summed E-state index contributed by atoms with van der Waals surface area (Å²) in [5.41, 5.74) is 2.08. The summed E-state index contributed by atoms with van der Waals surface area (Å²) < 4.78 is 17.5. The normalized spacial score (nSPS) is 14.5. The van der Waals surface area contributed by atoms with Crippen molar-refractivity contribution in [2.75, 3.05) is 58.0 Å². The number of nitrogens with zero attached hydrogens (tertiary/aromatic N) is 3. The van der Waals surface area contributed by atoms with E-state index < -0.39 is 0 Å². The second kappa shape index (κ2) is 10.1. The molecule has 0 bridgehead atoms. The van der Waals surface area contributed by atoms with Crippen molar-refractivity contribution >= 4 is 32.6 Å². The number of methoxy groups -OCH3 is 1. The van der Waals surface area contributed by atoms with Crippen molar-refractivity contribution in [2.45, 2.75) is 6.92 Å². The first kappa shape index (κ1) is 21.5. The van der Waals surface area contributed by atoms with E-state index in [1.54, 1.807) is 18.1 Å². The summed E-state index contributed by atoms with van der Waals surface area (Å²) in [7, 11) is 1.60. The molecule has 1 fully saturated rings. The quantitative estimate of drug-likeness (QED) is 0.534. The van der Waals surface area contributed by atoms with Gasteiger partial charge in [-0.3, -0.25) is 14.6 Å². The van der Waals surface area contributed by atoms with E-state index in [1.165, 1.54) is 16.9 Å². The van der Waals surface area contributed by atoms with E-state index in [9.17, 15) is 4.79 Å². The lowest BCUT2D eigenvalue weighted by Crippen LogP contribution is -2.44. The van der Waals surface area contributed by atoms with Crippen LogP contribution in [0.3, 0.4) is 0 Å². The minimum atomic E-state index is -0.119. The van der Waals surface area contributed by atoms with Crippen LogP contribution in [0.5, 0.6) is 11.5 Å². The van der Waals surface area contributed by atoms with E-state index in [0.717, 1.165) is 43.1 Å². The lowest BCUT2D eigenvalue weighted by Gasteiger charge is -2.29. The van der Waals surface area contributed by atoms with E-state index in [0.29, 0.717) is 23.2 Å². The number of rotatable bonds is 8. The Morgan fingerprint density at radius 1 is 1.19 bits per heavy atom. The molecule has 2 aromatic carbocycles. The van der Waals surface area contributed by atoms with Crippen LogP contribution in [0.25, 0.3) is 10.2 Å². The van der Waals surface area contributed by atoms with Gasteiger partial charge in [0.25, 0.3) is 5.91 Å². The number of ether oxygens (including phenoxy) is 3. The number of morpholine rings is 1. The van der Waals surface area contributed by atoms with Gasteiger partial charge in [-0.1, -0.05) is 23.5 Å². The van der Waals surface area contributed by atoms with E-state index in [4.69, 9.17) is 19.2 Å². The zero-order valence-electron chi connectivity index (χ0n) is 17.9. The molecule has 1 aliphatic heterocycles. The summed E-state index contributed by atoms with van der Waals surface area (Å²) in [5.74, 6) is 1.17. The molecule has 0 atom stereocenters. The van der Waals surface area contributed by atoms with Crippen molar-refractivity contribution in [2.24, 2.45) is 0 Å². The molecule has 0 aliphatic carbocycles. The van der Waals surface area contributed by atoms with Gasteiger partial charge >= 0.3 is 0 Å². The van der Waals surface area contributed by atoms with Gasteiger partial charge in [-0.25, -0.2) is 4.98 Å². The Hall–Kier alpha value is -2.68. The lowest BCUT2D eigenvalue weighted by molar-refractivity contribution is -0.120. The summed E-state index contributed by atoms with van der Waals surface area (Å²) in [6, 6.07) is 13.4. The Bertz CT molecular complexity index is 1030. The van der Waals surface area contributed by atoms with Crippen LogP contribution in [0.2, 0.25) is 0 Å². The Morgan fingerprint density at radius 3 is 2.81 bits per heavy atom.